The third-order valence-corrected chi connectivity index (χ3v) is 9.63. The predicted octanol–water partition coefficient (Wildman–Crippen LogP) is 5.39. The summed E-state index contributed by atoms with van der Waals surface area (Å²) in [6, 6.07) is 33.0. The second-order valence-electron chi connectivity index (χ2n) is 6.93. The molecule has 1 aromatic heterocycles. The van der Waals surface area contributed by atoms with Crippen LogP contribution in [-0.2, 0) is 6.16 Å². The van der Waals surface area contributed by atoms with Gasteiger partial charge in [0.05, 0.1) is 6.26 Å². The van der Waals surface area contributed by atoms with Gasteiger partial charge in [-0.25, -0.2) is 0 Å². The zero-order chi connectivity index (χ0) is 18.7. The van der Waals surface area contributed by atoms with E-state index < -0.39 is 7.26 Å². The minimum Gasteiger partial charge on any atom is -0.469 e. The van der Waals surface area contributed by atoms with Gasteiger partial charge in [-0.3, -0.25) is 0 Å². The first-order valence-corrected chi connectivity index (χ1v) is 11.3. The molecule has 134 valence electrons. The van der Waals surface area contributed by atoms with E-state index in [-0.39, 0.29) is 0 Å². The van der Waals surface area contributed by atoms with Gasteiger partial charge in [0.1, 0.15) is 35.1 Å². The van der Waals surface area contributed by atoms with Gasteiger partial charge in [0.25, 0.3) is 0 Å². The van der Waals surface area contributed by atoms with Crippen LogP contribution >= 0.6 is 7.26 Å². The smallest absolute Gasteiger partial charge is 0.116 e. The van der Waals surface area contributed by atoms with E-state index in [9.17, 15) is 0 Å². The van der Waals surface area contributed by atoms with Crippen LogP contribution < -0.4 is 15.9 Å². The van der Waals surface area contributed by atoms with Gasteiger partial charge in [-0.2, -0.15) is 0 Å². The number of furan rings is 1. The van der Waals surface area contributed by atoms with E-state index in [4.69, 9.17) is 4.42 Å². The van der Waals surface area contributed by atoms with Crippen molar-refractivity contribution >= 4 is 23.2 Å². The van der Waals surface area contributed by atoms with Crippen LogP contribution in [0.15, 0.2) is 102 Å². The highest BCUT2D eigenvalue weighted by Gasteiger charge is 2.46. The Bertz CT molecular complexity index is 888. The maximum absolute atomic E-state index is 5.77. The quantitative estimate of drug-likeness (QED) is 0.429. The van der Waals surface area contributed by atoms with Crippen LogP contribution in [0.5, 0.6) is 0 Å². The van der Waals surface area contributed by atoms with Crippen molar-refractivity contribution in [2.75, 3.05) is 0 Å². The summed E-state index contributed by atoms with van der Waals surface area (Å²) in [5.74, 6) is 1.03. The Hall–Kier alpha value is -2.63. The zero-order valence-electron chi connectivity index (χ0n) is 15.8. The highest BCUT2D eigenvalue weighted by molar-refractivity contribution is 7.95. The molecule has 0 aliphatic rings. The first-order chi connectivity index (χ1) is 13.2. The molecule has 0 bridgehead atoms. The lowest BCUT2D eigenvalue weighted by atomic mass is 10.2. The molecule has 0 N–H and O–H groups in total. The highest BCUT2D eigenvalue weighted by Crippen LogP contribution is 2.58. The largest absolute Gasteiger partial charge is 0.469 e. The molecule has 0 fully saturated rings. The van der Waals surface area contributed by atoms with E-state index in [0.29, 0.717) is 0 Å². The molecule has 0 radical (unpaired) electrons. The van der Waals surface area contributed by atoms with Crippen LogP contribution in [0.3, 0.4) is 0 Å². The van der Waals surface area contributed by atoms with Crippen LogP contribution in [0, 0.1) is 13.8 Å². The van der Waals surface area contributed by atoms with Crippen molar-refractivity contribution < 1.29 is 4.42 Å². The molecule has 0 amide bonds. The van der Waals surface area contributed by atoms with Crippen molar-refractivity contribution in [1.29, 1.82) is 0 Å². The SMILES string of the molecule is Cc1coc(C)c1C[P+](c1ccccc1)(c1ccccc1)c1ccccc1. The molecule has 0 atom stereocenters. The highest BCUT2D eigenvalue weighted by atomic mass is 31.2. The summed E-state index contributed by atoms with van der Waals surface area (Å²) in [5.41, 5.74) is 2.57. The topological polar surface area (TPSA) is 13.1 Å². The van der Waals surface area contributed by atoms with Gasteiger partial charge in [-0.1, -0.05) is 54.6 Å². The Labute approximate surface area is 162 Å². The van der Waals surface area contributed by atoms with E-state index in [1.54, 1.807) is 0 Å². The van der Waals surface area contributed by atoms with Crippen LogP contribution in [-0.4, -0.2) is 0 Å². The molecule has 4 aromatic rings. The first-order valence-electron chi connectivity index (χ1n) is 9.30. The maximum Gasteiger partial charge on any atom is 0.116 e. The van der Waals surface area contributed by atoms with Crippen molar-refractivity contribution in [2.24, 2.45) is 0 Å². The van der Waals surface area contributed by atoms with Crippen molar-refractivity contribution in [1.82, 2.24) is 0 Å². The second kappa shape index (κ2) is 7.55. The number of benzene rings is 3. The van der Waals surface area contributed by atoms with Gasteiger partial charge in [0.2, 0.25) is 0 Å². The first kappa shape index (κ1) is 17.8. The van der Waals surface area contributed by atoms with Crippen LogP contribution in [0.25, 0.3) is 0 Å². The Balaban J connectivity index is 2.03. The lowest BCUT2D eigenvalue weighted by Crippen LogP contribution is -2.32. The molecule has 2 heteroatoms. The molecular weight excluding hydrogens is 347 g/mol. The normalized spacial score (nSPS) is 11.5. The number of aryl methyl sites for hydroxylation is 2. The summed E-state index contributed by atoms with van der Waals surface area (Å²) in [7, 11) is -1.86. The lowest BCUT2D eigenvalue weighted by molar-refractivity contribution is 0.530. The standard InChI is InChI=1S/C25H24OP/c1-20-18-26-21(2)25(20)19-27(22-12-6-3-7-13-22,23-14-8-4-9-15-23)24-16-10-5-11-17-24/h3-18H,19H2,1-2H3/q+1. The fourth-order valence-corrected chi connectivity index (χ4v) is 8.27. The molecule has 0 spiro atoms. The van der Waals surface area contributed by atoms with Gasteiger partial charge in [0.15, 0.2) is 0 Å². The average Bonchev–Trinajstić information content (AvgIpc) is 3.05. The zero-order valence-corrected chi connectivity index (χ0v) is 16.7. The van der Waals surface area contributed by atoms with E-state index in [1.807, 2.05) is 6.26 Å². The summed E-state index contributed by atoms with van der Waals surface area (Å²) in [6.45, 7) is 4.24. The van der Waals surface area contributed by atoms with Crippen LogP contribution in [0.4, 0.5) is 0 Å². The fourth-order valence-electron chi connectivity index (χ4n) is 3.84. The van der Waals surface area contributed by atoms with E-state index >= 15 is 0 Å². The van der Waals surface area contributed by atoms with Crippen molar-refractivity contribution in [3.05, 3.63) is 114 Å². The maximum atomic E-state index is 5.77. The Morgan fingerprint density at radius 3 is 1.37 bits per heavy atom. The molecule has 3 aromatic carbocycles. The molecule has 0 unspecified atom stereocenters. The summed E-state index contributed by atoms with van der Waals surface area (Å²) in [5, 5.41) is 4.22. The molecule has 0 saturated carbocycles. The van der Waals surface area contributed by atoms with Crippen molar-refractivity contribution in [3.8, 4) is 0 Å². The van der Waals surface area contributed by atoms with Crippen LogP contribution in [0.1, 0.15) is 16.9 Å². The molecule has 0 saturated heterocycles. The van der Waals surface area contributed by atoms with Gasteiger partial charge >= 0.3 is 0 Å². The summed E-state index contributed by atoms with van der Waals surface area (Å²) in [4.78, 5) is 0. The predicted molar refractivity (Wildman–Crippen MR) is 117 cm³/mol. The van der Waals surface area contributed by atoms with Crippen LogP contribution in [0.2, 0.25) is 0 Å². The molecule has 27 heavy (non-hydrogen) atoms. The molecule has 0 aliphatic heterocycles. The molecule has 1 heterocycles. The van der Waals surface area contributed by atoms with Gasteiger partial charge in [0, 0.05) is 5.56 Å². The molecule has 1 nitrogen and oxygen atoms in total. The minimum atomic E-state index is -1.86. The van der Waals surface area contributed by atoms with Crippen molar-refractivity contribution in [3.63, 3.8) is 0 Å². The summed E-state index contributed by atoms with van der Waals surface area (Å²) < 4.78 is 5.77. The third-order valence-electron chi connectivity index (χ3n) is 5.30. The number of rotatable bonds is 5. The Morgan fingerprint density at radius 1 is 0.630 bits per heavy atom. The Kier molecular flexibility index (Phi) is 4.97. The Morgan fingerprint density at radius 2 is 1.04 bits per heavy atom. The van der Waals surface area contributed by atoms with Gasteiger partial charge in [-0.05, 0) is 55.8 Å². The van der Waals surface area contributed by atoms with Crippen molar-refractivity contribution in [2.45, 2.75) is 20.0 Å². The van der Waals surface area contributed by atoms with E-state index in [1.165, 1.54) is 27.0 Å². The van der Waals surface area contributed by atoms with Gasteiger partial charge < -0.3 is 4.42 Å². The molecular formula is C25H24OP+. The second-order valence-corrected chi connectivity index (χ2v) is 10.4. The molecule has 0 aliphatic carbocycles. The minimum absolute atomic E-state index is 0.971. The number of hydrogen-bond acceptors (Lipinski definition) is 1. The summed E-state index contributed by atoms with van der Waals surface area (Å²) >= 11 is 0. The number of hydrogen-bond donors (Lipinski definition) is 0. The van der Waals surface area contributed by atoms with E-state index in [0.717, 1.165) is 11.9 Å². The monoisotopic (exact) mass is 371 g/mol. The summed E-state index contributed by atoms with van der Waals surface area (Å²) in [6.07, 6.45) is 2.86. The average molecular weight is 371 g/mol. The third kappa shape index (κ3) is 3.24. The lowest BCUT2D eigenvalue weighted by Gasteiger charge is -2.27. The fraction of sp³-hybridized carbons (Fsp3) is 0.120. The van der Waals surface area contributed by atoms with Gasteiger partial charge in [-0.15, -0.1) is 0 Å². The van der Waals surface area contributed by atoms with E-state index in [2.05, 4.69) is 105 Å². The molecule has 4 rings (SSSR count).